The lowest BCUT2D eigenvalue weighted by molar-refractivity contribution is 0.327. The van der Waals surface area contributed by atoms with Crippen LogP contribution >= 0.6 is 0 Å². The molecule has 5 nitrogen and oxygen atoms in total. The third-order valence-electron chi connectivity index (χ3n) is 1.47. The Balaban J connectivity index is 3.29. The summed E-state index contributed by atoms with van der Waals surface area (Å²) in [6.07, 6.45) is 0. The monoisotopic (exact) mass is 203 g/mol. The fraction of sp³-hybridized carbons (Fsp3) is 0.143. The van der Waals surface area contributed by atoms with E-state index in [9.17, 15) is 8.42 Å². The lowest BCUT2D eigenvalue weighted by atomic mass is 10.3. The number of rotatable bonds is 3. The molecule has 0 aliphatic carbocycles. The van der Waals surface area contributed by atoms with Crippen LogP contribution in [0.4, 0.5) is 0 Å². The molecule has 72 valence electrons. The molecule has 1 rings (SSSR count). The predicted molar refractivity (Wildman–Crippen MR) is 45.5 cm³/mol. The van der Waals surface area contributed by atoms with Crippen LogP contribution in [-0.2, 0) is 14.4 Å². The minimum absolute atomic E-state index is 0.0833. The highest BCUT2D eigenvalue weighted by Gasteiger charge is 2.18. The van der Waals surface area contributed by atoms with E-state index in [4.69, 9.17) is 4.74 Å². The van der Waals surface area contributed by atoms with Crippen molar-refractivity contribution in [2.24, 2.45) is 5.90 Å². The van der Waals surface area contributed by atoms with E-state index in [0.717, 1.165) is 0 Å². The van der Waals surface area contributed by atoms with Gasteiger partial charge in [-0.2, -0.15) is 18.6 Å². The molecule has 1 aromatic rings. The first-order valence-corrected chi connectivity index (χ1v) is 4.79. The van der Waals surface area contributed by atoms with Gasteiger partial charge in [-0.05, 0) is 12.1 Å². The second-order valence-corrected chi connectivity index (χ2v) is 3.74. The van der Waals surface area contributed by atoms with Crippen molar-refractivity contribution in [3.05, 3.63) is 24.3 Å². The maximum atomic E-state index is 11.2. The van der Waals surface area contributed by atoms with Crippen molar-refractivity contribution in [1.82, 2.24) is 0 Å². The van der Waals surface area contributed by atoms with Crippen molar-refractivity contribution >= 4 is 10.1 Å². The molecular weight excluding hydrogens is 194 g/mol. The molecule has 0 unspecified atom stereocenters. The van der Waals surface area contributed by atoms with Gasteiger partial charge in [0, 0.05) is 0 Å². The molecule has 0 fully saturated rings. The van der Waals surface area contributed by atoms with Crippen LogP contribution in [0.1, 0.15) is 0 Å². The zero-order valence-electron chi connectivity index (χ0n) is 6.93. The second kappa shape index (κ2) is 3.73. The quantitative estimate of drug-likeness (QED) is 0.713. The van der Waals surface area contributed by atoms with Gasteiger partial charge >= 0.3 is 10.1 Å². The Kier molecular flexibility index (Phi) is 2.86. The molecule has 0 heterocycles. The van der Waals surface area contributed by atoms with Crippen LogP contribution in [0.5, 0.6) is 5.75 Å². The Morgan fingerprint density at radius 3 is 2.46 bits per heavy atom. The summed E-state index contributed by atoms with van der Waals surface area (Å²) in [4.78, 5) is -0.0833. The molecule has 0 spiro atoms. The number of nitrogens with two attached hydrogens (primary N) is 1. The topological polar surface area (TPSA) is 78.6 Å². The Bertz CT molecular complexity index is 387. The SMILES string of the molecule is COc1ccccc1S(=O)(=O)ON. The van der Waals surface area contributed by atoms with Crippen LogP contribution in [0.2, 0.25) is 0 Å². The summed E-state index contributed by atoms with van der Waals surface area (Å²) in [6.45, 7) is 0. The first-order valence-electron chi connectivity index (χ1n) is 3.38. The lowest BCUT2D eigenvalue weighted by Crippen LogP contribution is -2.12. The molecular formula is C7H9NO4S. The van der Waals surface area contributed by atoms with Crippen LogP contribution in [0.15, 0.2) is 29.2 Å². The highest BCUT2D eigenvalue weighted by Crippen LogP contribution is 2.23. The molecule has 0 aromatic heterocycles. The van der Waals surface area contributed by atoms with Gasteiger partial charge in [-0.3, -0.25) is 0 Å². The van der Waals surface area contributed by atoms with Gasteiger partial charge in [0.2, 0.25) is 0 Å². The van der Waals surface area contributed by atoms with E-state index in [0.29, 0.717) is 0 Å². The van der Waals surface area contributed by atoms with Gasteiger partial charge in [0.15, 0.2) is 0 Å². The number of methoxy groups -OCH3 is 1. The maximum Gasteiger partial charge on any atom is 0.316 e. The fourth-order valence-corrected chi connectivity index (χ4v) is 1.62. The van der Waals surface area contributed by atoms with Gasteiger partial charge in [-0.25, -0.2) is 0 Å². The van der Waals surface area contributed by atoms with Crippen molar-refractivity contribution in [2.75, 3.05) is 7.11 Å². The Morgan fingerprint density at radius 2 is 1.92 bits per heavy atom. The maximum absolute atomic E-state index is 11.2. The van der Waals surface area contributed by atoms with Crippen molar-refractivity contribution in [3.8, 4) is 5.75 Å². The highest BCUT2D eigenvalue weighted by molar-refractivity contribution is 7.86. The highest BCUT2D eigenvalue weighted by atomic mass is 32.2. The lowest BCUT2D eigenvalue weighted by Gasteiger charge is -2.05. The normalized spacial score (nSPS) is 11.2. The largest absolute Gasteiger partial charge is 0.495 e. The molecule has 0 bridgehead atoms. The summed E-state index contributed by atoms with van der Waals surface area (Å²) < 4.78 is 31.0. The standard InChI is InChI=1S/C7H9NO4S/c1-11-6-4-2-3-5-7(6)13(9,10)12-8/h2-5H,8H2,1H3. The Morgan fingerprint density at radius 1 is 1.31 bits per heavy atom. The summed E-state index contributed by atoms with van der Waals surface area (Å²) in [5, 5.41) is 0. The predicted octanol–water partition coefficient (Wildman–Crippen LogP) is 0.274. The van der Waals surface area contributed by atoms with Gasteiger partial charge in [-0.15, -0.1) is 0 Å². The minimum atomic E-state index is -3.89. The van der Waals surface area contributed by atoms with Crippen molar-refractivity contribution in [1.29, 1.82) is 0 Å². The Hall–Kier alpha value is -1.11. The first kappa shape index (κ1) is 9.97. The van der Waals surface area contributed by atoms with Crippen molar-refractivity contribution < 1.29 is 17.4 Å². The van der Waals surface area contributed by atoms with E-state index in [1.54, 1.807) is 12.1 Å². The van der Waals surface area contributed by atoms with Crippen molar-refractivity contribution in [2.45, 2.75) is 4.90 Å². The molecule has 0 saturated heterocycles. The molecule has 0 atom stereocenters. The molecule has 0 radical (unpaired) electrons. The third kappa shape index (κ3) is 1.97. The van der Waals surface area contributed by atoms with E-state index >= 15 is 0 Å². The van der Waals surface area contributed by atoms with Gasteiger partial charge < -0.3 is 4.74 Å². The molecule has 0 aliphatic rings. The van der Waals surface area contributed by atoms with E-state index in [2.05, 4.69) is 10.2 Å². The zero-order chi connectivity index (χ0) is 9.90. The molecule has 0 aliphatic heterocycles. The summed E-state index contributed by atoms with van der Waals surface area (Å²) in [7, 11) is -2.52. The van der Waals surface area contributed by atoms with Crippen LogP contribution in [-0.4, -0.2) is 15.5 Å². The van der Waals surface area contributed by atoms with Crippen LogP contribution in [0, 0.1) is 0 Å². The van der Waals surface area contributed by atoms with Crippen molar-refractivity contribution in [3.63, 3.8) is 0 Å². The average molecular weight is 203 g/mol. The smallest absolute Gasteiger partial charge is 0.316 e. The van der Waals surface area contributed by atoms with E-state index in [-0.39, 0.29) is 10.6 Å². The zero-order valence-corrected chi connectivity index (χ0v) is 7.74. The minimum Gasteiger partial charge on any atom is -0.495 e. The summed E-state index contributed by atoms with van der Waals surface area (Å²) in [5.74, 6) is 4.82. The van der Waals surface area contributed by atoms with Gasteiger partial charge in [0.25, 0.3) is 0 Å². The molecule has 2 N–H and O–H groups in total. The number of ether oxygens (including phenoxy) is 1. The summed E-state index contributed by atoms with van der Waals surface area (Å²) in [6, 6.07) is 6.05. The molecule has 13 heavy (non-hydrogen) atoms. The van der Waals surface area contributed by atoms with E-state index in [1.807, 2.05) is 0 Å². The number of para-hydroxylation sites is 1. The van der Waals surface area contributed by atoms with Crippen LogP contribution < -0.4 is 10.6 Å². The number of hydrogen-bond acceptors (Lipinski definition) is 5. The number of hydrogen-bond donors (Lipinski definition) is 1. The van der Waals surface area contributed by atoms with Gasteiger partial charge in [0.05, 0.1) is 7.11 Å². The third-order valence-corrected chi connectivity index (χ3v) is 2.59. The van der Waals surface area contributed by atoms with Crippen LogP contribution in [0.3, 0.4) is 0 Å². The summed E-state index contributed by atoms with van der Waals surface area (Å²) >= 11 is 0. The number of benzene rings is 1. The van der Waals surface area contributed by atoms with E-state index < -0.39 is 10.1 Å². The van der Waals surface area contributed by atoms with E-state index in [1.165, 1.54) is 19.2 Å². The molecule has 1 aromatic carbocycles. The molecule has 6 heteroatoms. The summed E-state index contributed by atoms with van der Waals surface area (Å²) in [5.41, 5.74) is 0. The average Bonchev–Trinajstić information content (AvgIpc) is 2.18. The first-order chi connectivity index (χ1) is 6.11. The molecule has 0 saturated carbocycles. The second-order valence-electron chi connectivity index (χ2n) is 2.20. The van der Waals surface area contributed by atoms with Gasteiger partial charge in [-0.1, -0.05) is 12.1 Å². The fourth-order valence-electron chi connectivity index (χ4n) is 0.877. The van der Waals surface area contributed by atoms with Crippen LogP contribution in [0.25, 0.3) is 0 Å². The Labute approximate surface area is 76.2 Å². The molecule has 0 amide bonds. The van der Waals surface area contributed by atoms with Gasteiger partial charge in [0.1, 0.15) is 10.6 Å².